The van der Waals surface area contributed by atoms with E-state index in [1.54, 1.807) is 0 Å². The summed E-state index contributed by atoms with van der Waals surface area (Å²) in [6, 6.07) is 16.9. The second-order valence-electron chi connectivity index (χ2n) is 4.44. The van der Waals surface area contributed by atoms with Crippen molar-refractivity contribution in [3.8, 4) is 5.69 Å². The first kappa shape index (κ1) is 20.9. The number of allylic oxidation sites excluding steroid dienone is 4. The first-order valence-corrected chi connectivity index (χ1v) is 6.44. The average Bonchev–Trinajstić information content (AvgIpc) is 3.20. The Morgan fingerprint density at radius 2 is 1.73 bits per heavy atom. The van der Waals surface area contributed by atoms with Gasteiger partial charge >= 0.3 is 21.7 Å². The Balaban J connectivity index is 0.000000482. The fourth-order valence-electron chi connectivity index (χ4n) is 2.13. The molecule has 0 fully saturated rings. The molecule has 0 spiro atoms. The molecule has 0 saturated heterocycles. The van der Waals surface area contributed by atoms with Crippen molar-refractivity contribution in [2.45, 2.75) is 6.42 Å². The van der Waals surface area contributed by atoms with Gasteiger partial charge in [0.25, 0.3) is 0 Å². The van der Waals surface area contributed by atoms with Gasteiger partial charge in [-0.2, -0.15) is 6.08 Å². The summed E-state index contributed by atoms with van der Waals surface area (Å²) in [5.74, 6) is 0. The molecule has 4 heteroatoms. The summed E-state index contributed by atoms with van der Waals surface area (Å²) in [6.45, 7) is 0. The molecule has 110 valence electrons. The van der Waals surface area contributed by atoms with Crippen LogP contribution in [0.5, 0.6) is 0 Å². The van der Waals surface area contributed by atoms with Gasteiger partial charge in [0.2, 0.25) is 0 Å². The average molecular weight is 364 g/mol. The van der Waals surface area contributed by atoms with E-state index in [2.05, 4.69) is 65.5 Å². The Hall–Kier alpha value is -1.12. The van der Waals surface area contributed by atoms with Crippen LogP contribution in [0, 0.1) is 6.08 Å². The van der Waals surface area contributed by atoms with Crippen molar-refractivity contribution in [1.29, 1.82) is 0 Å². The molecular weight excluding hydrogens is 349 g/mol. The number of rotatable bonds is 1. The number of aromatic nitrogens is 1. The topological polar surface area (TPSA) is 4.93 Å². The van der Waals surface area contributed by atoms with Crippen molar-refractivity contribution < 1.29 is 46.5 Å². The minimum Gasteiger partial charge on any atom is -1.00 e. The van der Waals surface area contributed by atoms with Gasteiger partial charge in [-0.25, -0.2) is 12.2 Å². The first-order valence-electron chi connectivity index (χ1n) is 6.44. The number of halogens is 2. The standard InChI is InChI=1S/C13H10N.C5H5.2ClH.Ti/c1-2-6-12-10-13(9-11(12)5-1)14-7-3-4-8-14;1-2-4-5-3-1;;;/h1-10H;1-3H,4H2;2*1H;/q2*-1;;;+4/p-2. The van der Waals surface area contributed by atoms with E-state index in [4.69, 9.17) is 0 Å². The minimum atomic E-state index is 0. The molecule has 3 aromatic rings. The van der Waals surface area contributed by atoms with Gasteiger partial charge in [-0.3, -0.25) is 6.08 Å². The van der Waals surface area contributed by atoms with Crippen LogP contribution < -0.4 is 24.8 Å². The summed E-state index contributed by atoms with van der Waals surface area (Å²) in [6.07, 6.45) is 14.1. The van der Waals surface area contributed by atoms with Crippen molar-refractivity contribution in [2.75, 3.05) is 0 Å². The molecule has 0 saturated carbocycles. The normalized spacial score (nSPS) is 10.9. The first-order chi connectivity index (χ1) is 9.43. The van der Waals surface area contributed by atoms with Crippen LogP contribution in [0.4, 0.5) is 0 Å². The van der Waals surface area contributed by atoms with Gasteiger partial charge in [-0.05, 0) is 17.8 Å². The predicted octanol–water partition coefficient (Wildman–Crippen LogP) is -1.34. The molecule has 1 nitrogen and oxygen atoms in total. The van der Waals surface area contributed by atoms with Gasteiger partial charge in [-0.15, -0.1) is 47.5 Å². The van der Waals surface area contributed by atoms with E-state index in [1.807, 2.05) is 24.3 Å². The van der Waals surface area contributed by atoms with Crippen molar-refractivity contribution >= 4 is 10.8 Å². The molecule has 0 radical (unpaired) electrons. The minimum absolute atomic E-state index is 0. The summed E-state index contributed by atoms with van der Waals surface area (Å²) < 4.78 is 2.12. The zero-order valence-electron chi connectivity index (χ0n) is 11.9. The molecule has 0 unspecified atom stereocenters. The van der Waals surface area contributed by atoms with Crippen LogP contribution in [-0.2, 0) is 21.7 Å². The monoisotopic (exact) mass is 363 g/mol. The Morgan fingerprint density at radius 3 is 2.27 bits per heavy atom. The summed E-state index contributed by atoms with van der Waals surface area (Å²) in [5, 5.41) is 2.60. The molecule has 1 aliphatic rings. The van der Waals surface area contributed by atoms with E-state index in [1.165, 1.54) is 16.5 Å². The van der Waals surface area contributed by atoms with E-state index < -0.39 is 0 Å². The third-order valence-corrected chi connectivity index (χ3v) is 3.09. The third kappa shape index (κ3) is 5.26. The molecular formula is C18H15Cl2NTi. The smallest absolute Gasteiger partial charge is 1.00 e. The van der Waals surface area contributed by atoms with E-state index in [0.29, 0.717) is 0 Å². The fourth-order valence-corrected chi connectivity index (χ4v) is 2.13. The van der Waals surface area contributed by atoms with Gasteiger partial charge in [0, 0.05) is 12.4 Å². The largest absolute Gasteiger partial charge is 4.00 e. The maximum atomic E-state index is 2.99. The quantitative estimate of drug-likeness (QED) is 0.372. The maximum Gasteiger partial charge on any atom is 4.00 e. The molecule has 2 aromatic carbocycles. The number of nitrogens with zero attached hydrogens (tertiary/aromatic N) is 1. The van der Waals surface area contributed by atoms with Crippen LogP contribution in [-0.4, -0.2) is 4.57 Å². The zero-order chi connectivity index (χ0) is 12.9. The SMILES string of the molecule is [C-]1=CC=CC1.[Cl-].[Cl-].[Ti+4].c1ccc2[cH-]c(-n3cccc3)cc2c1. The van der Waals surface area contributed by atoms with Gasteiger partial charge in [-0.1, -0.05) is 6.07 Å². The summed E-state index contributed by atoms with van der Waals surface area (Å²) in [4.78, 5) is 0. The number of hydrogen-bond donors (Lipinski definition) is 0. The molecule has 22 heavy (non-hydrogen) atoms. The molecule has 4 rings (SSSR count). The Kier molecular flexibility index (Phi) is 10.0. The second-order valence-corrected chi connectivity index (χ2v) is 4.44. The molecule has 0 atom stereocenters. The van der Waals surface area contributed by atoms with Crippen LogP contribution in [0.15, 0.2) is 79.2 Å². The molecule has 0 amide bonds. The van der Waals surface area contributed by atoms with Crippen LogP contribution in [0.1, 0.15) is 6.42 Å². The molecule has 1 heterocycles. The third-order valence-electron chi connectivity index (χ3n) is 3.09. The van der Waals surface area contributed by atoms with Crippen LogP contribution in [0.25, 0.3) is 16.5 Å². The predicted molar refractivity (Wildman–Crippen MR) is 80.4 cm³/mol. The Bertz CT molecular complexity index is 669. The summed E-state index contributed by atoms with van der Waals surface area (Å²) in [5.41, 5.74) is 1.23. The number of benzene rings is 1. The van der Waals surface area contributed by atoms with Crippen LogP contribution in [0.2, 0.25) is 0 Å². The molecule has 0 bridgehead atoms. The Labute approximate surface area is 158 Å². The van der Waals surface area contributed by atoms with Gasteiger partial charge in [0.15, 0.2) is 0 Å². The van der Waals surface area contributed by atoms with Crippen molar-refractivity contribution in [1.82, 2.24) is 4.57 Å². The fraction of sp³-hybridized carbons (Fsp3) is 0.0556. The summed E-state index contributed by atoms with van der Waals surface area (Å²) in [7, 11) is 0. The zero-order valence-corrected chi connectivity index (χ0v) is 15.0. The summed E-state index contributed by atoms with van der Waals surface area (Å²) >= 11 is 0. The second kappa shape index (κ2) is 10.6. The Morgan fingerprint density at radius 1 is 1.00 bits per heavy atom. The van der Waals surface area contributed by atoms with Gasteiger partial charge in [0.05, 0.1) is 0 Å². The molecule has 0 aliphatic heterocycles. The number of hydrogen-bond acceptors (Lipinski definition) is 0. The molecule has 1 aliphatic carbocycles. The van der Waals surface area contributed by atoms with Crippen LogP contribution in [0.3, 0.4) is 0 Å². The van der Waals surface area contributed by atoms with Crippen molar-refractivity contribution in [3.05, 3.63) is 85.2 Å². The van der Waals surface area contributed by atoms with Crippen LogP contribution >= 0.6 is 0 Å². The van der Waals surface area contributed by atoms with E-state index in [-0.39, 0.29) is 46.5 Å². The van der Waals surface area contributed by atoms with Crippen molar-refractivity contribution in [3.63, 3.8) is 0 Å². The van der Waals surface area contributed by atoms with E-state index >= 15 is 0 Å². The van der Waals surface area contributed by atoms with E-state index in [0.717, 1.165) is 6.42 Å². The van der Waals surface area contributed by atoms with E-state index in [9.17, 15) is 0 Å². The van der Waals surface area contributed by atoms with Gasteiger partial charge < -0.3 is 29.4 Å². The molecule has 0 N–H and O–H groups in total. The van der Waals surface area contributed by atoms with Crippen molar-refractivity contribution in [2.24, 2.45) is 0 Å². The number of fused-ring (bicyclic) bond motifs is 1. The maximum absolute atomic E-state index is 2.99. The molecule has 1 aromatic heterocycles. The van der Waals surface area contributed by atoms with Gasteiger partial charge in [0.1, 0.15) is 0 Å².